The summed E-state index contributed by atoms with van der Waals surface area (Å²) in [5.74, 6) is 0.947. The molecule has 0 fully saturated rings. The van der Waals surface area contributed by atoms with Crippen molar-refractivity contribution in [1.82, 2.24) is 0 Å². The van der Waals surface area contributed by atoms with Gasteiger partial charge in [-0.3, -0.25) is 4.79 Å². The fourth-order valence-corrected chi connectivity index (χ4v) is 2.40. The smallest absolute Gasteiger partial charge is 0.140 e. The summed E-state index contributed by atoms with van der Waals surface area (Å²) in [6.45, 7) is 6.64. The van der Waals surface area contributed by atoms with Crippen LogP contribution in [0.4, 0.5) is 0 Å². The van der Waals surface area contributed by atoms with E-state index in [0.717, 1.165) is 31.2 Å². The highest BCUT2D eigenvalue weighted by Crippen LogP contribution is 2.20. The first-order chi connectivity index (χ1) is 9.54. The van der Waals surface area contributed by atoms with E-state index >= 15 is 0 Å². The van der Waals surface area contributed by atoms with E-state index in [0.29, 0.717) is 18.1 Å². The molecule has 0 radical (unpaired) electrons. The third-order valence-corrected chi connectivity index (χ3v) is 3.69. The van der Waals surface area contributed by atoms with Crippen molar-refractivity contribution in [3.8, 4) is 0 Å². The topological polar surface area (TPSA) is 37.3 Å². The molecule has 0 saturated heterocycles. The van der Waals surface area contributed by atoms with Gasteiger partial charge >= 0.3 is 0 Å². The number of rotatable bonds is 9. The maximum atomic E-state index is 12.1. The molecule has 1 atom stereocenters. The monoisotopic (exact) mass is 276 g/mol. The highest BCUT2D eigenvalue weighted by Gasteiger charge is 2.14. The van der Waals surface area contributed by atoms with Gasteiger partial charge in [-0.2, -0.15) is 0 Å². The van der Waals surface area contributed by atoms with E-state index in [1.807, 2.05) is 6.92 Å². The Morgan fingerprint density at radius 3 is 2.25 bits per heavy atom. The lowest BCUT2D eigenvalue weighted by Crippen LogP contribution is -2.09. The van der Waals surface area contributed by atoms with Crippen molar-refractivity contribution in [3.63, 3.8) is 0 Å². The molecule has 1 unspecified atom stereocenters. The van der Waals surface area contributed by atoms with Crippen LogP contribution in [-0.4, -0.2) is 17.5 Å². The number of carbonyl (C=O) groups excluding carboxylic acids is 1. The molecule has 0 amide bonds. The predicted octanol–water partition coefficient (Wildman–Crippen LogP) is 4.11. The van der Waals surface area contributed by atoms with Crippen LogP contribution in [0.25, 0.3) is 0 Å². The van der Waals surface area contributed by atoms with Crippen molar-refractivity contribution in [1.29, 1.82) is 0 Å². The number of benzene rings is 1. The third-order valence-electron chi connectivity index (χ3n) is 3.69. The fourth-order valence-electron chi connectivity index (χ4n) is 2.40. The average Bonchev–Trinajstić information content (AvgIpc) is 2.43. The summed E-state index contributed by atoms with van der Waals surface area (Å²) in [7, 11) is 0. The van der Waals surface area contributed by atoms with Crippen LogP contribution in [0.15, 0.2) is 24.3 Å². The second-order valence-corrected chi connectivity index (χ2v) is 6.06. The van der Waals surface area contributed by atoms with Gasteiger partial charge in [-0.1, -0.05) is 51.5 Å². The molecule has 2 heteroatoms. The normalized spacial score (nSPS) is 12.7. The van der Waals surface area contributed by atoms with Crippen LogP contribution in [0, 0.1) is 5.92 Å². The summed E-state index contributed by atoms with van der Waals surface area (Å²) >= 11 is 0. The molecule has 1 aromatic carbocycles. The summed E-state index contributed by atoms with van der Waals surface area (Å²) < 4.78 is 0. The number of ketones is 1. The van der Waals surface area contributed by atoms with Gasteiger partial charge in [0.2, 0.25) is 0 Å². The molecule has 0 saturated carbocycles. The van der Waals surface area contributed by atoms with Crippen LogP contribution in [0.3, 0.4) is 0 Å². The number of aliphatic hydroxyl groups is 1. The predicted molar refractivity (Wildman–Crippen MR) is 84.0 cm³/mol. The Hall–Kier alpha value is -1.15. The molecular formula is C18H28O2. The minimum atomic E-state index is -0.0165. The molecule has 1 aromatic rings. The number of Topliss-reactive ketones (excluding diaryl/α,β-unsaturated/α-hetero) is 1. The number of hydrogen-bond acceptors (Lipinski definition) is 2. The first kappa shape index (κ1) is 16.9. The molecule has 1 rings (SSSR count). The molecule has 0 aromatic heterocycles. The minimum absolute atomic E-state index is 0.0165. The minimum Gasteiger partial charge on any atom is -0.396 e. The van der Waals surface area contributed by atoms with Crippen LogP contribution in [0.2, 0.25) is 0 Å². The molecule has 112 valence electrons. The summed E-state index contributed by atoms with van der Waals surface area (Å²) in [5, 5.41) is 8.72. The molecular weight excluding hydrogens is 248 g/mol. The molecule has 20 heavy (non-hydrogen) atoms. The molecule has 0 heterocycles. The molecule has 2 nitrogen and oxygen atoms in total. The zero-order valence-corrected chi connectivity index (χ0v) is 13.1. The van der Waals surface area contributed by atoms with Gasteiger partial charge in [0.25, 0.3) is 0 Å². The maximum absolute atomic E-state index is 12.1. The van der Waals surface area contributed by atoms with Crippen LogP contribution < -0.4 is 0 Å². The first-order valence-electron chi connectivity index (χ1n) is 7.77. The molecule has 1 N–H and O–H groups in total. The summed E-state index contributed by atoms with van der Waals surface area (Å²) in [5.41, 5.74) is 2.45. The average molecular weight is 276 g/mol. The van der Waals surface area contributed by atoms with Gasteiger partial charge in [-0.15, -0.1) is 0 Å². The maximum Gasteiger partial charge on any atom is 0.140 e. The molecule has 0 aliphatic rings. The number of aliphatic hydroxyl groups excluding tert-OH is 1. The van der Waals surface area contributed by atoms with Crippen molar-refractivity contribution in [3.05, 3.63) is 35.4 Å². The van der Waals surface area contributed by atoms with E-state index in [1.54, 1.807) is 0 Å². The number of hydrogen-bond donors (Lipinski definition) is 1. The van der Waals surface area contributed by atoms with E-state index in [2.05, 4.69) is 38.1 Å². The Balaban J connectivity index is 2.49. The summed E-state index contributed by atoms with van der Waals surface area (Å²) in [6.07, 6.45) is 4.32. The number of carbonyl (C=O) groups is 1. The highest BCUT2D eigenvalue weighted by molar-refractivity contribution is 5.85. The lowest BCUT2D eigenvalue weighted by atomic mass is 9.92. The van der Waals surface area contributed by atoms with Crippen LogP contribution in [0.5, 0.6) is 0 Å². The lowest BCUT2D eigenvalue weighted by Gasteiger charge is -2.12. The van der Waals surface area contributed by atoms with Crippen molar-refractivity contribution in [2.24, 2.45) is 5.92 Å². The molecule has 0 aliphatic heterocycles. The zero-order valence-electron chi connectivity index (χ0n) is 13.1. The van der Waals surface area contributed by atoms with Crippen molar-refractivity contribution >= 4 is 5.78 Å². The number of unbranched alkanes of at least 4 members (excludes halogenated alkanes) is 2. The van der Waals surface area contributed by atoms with Crippen LogP contribution in [0.1, 0.15) is 63.5 Å². The van der Waals surface area contributed by atoms with E-state index < -0.39 is 0 Å². The molecule has 0 spiro atoms. The van der Waals surface area contributed by atoms with Crippen LogP contribution in [-0.2, 0) is 11.2 Å². The Morgan fingerprint density at radius 1 is 1.05 bits per heavy atom. The van der Waals surface area contributed by atoms with Crippen molar-refractivity contribution < 1.29 is 9.90 Å². The van der Waals surface area contributed by atoms with Gasteiger partial charge in [0.15, 0.2) is 0 Å². The molecule has 0 aliphatic carbocycles. The summed E-state index contributed by atoms with van der Waals surface area (Å²) in [4.78, 5) is 12.1. The fraction of sp³-hybridized carbons (Fsp3) is 0.611. The van der Waals surface area contributed by atoms with Crippen molar-refractivity contribution in [2.45, 2.75) is 58.8 Å². The Labute approximate surface area is 123 Å². The highest BCUT2D eigenvalue weighted by atomic mass is 16.2. The van der Waals surface area contributed by atoms with Crippen molar-refractivity contribution in [2.75, 3.05) is 6.61 Å². The van der Waals surface area contributed by atoms with Gasteiger partial charge in [0, 0.05) is 18.9 Å². The van der Waals surface area contributed by atoms with E-state index in [-0.39, 0.29) is 12.5 Å². The second-order valence-electron chi connectivity index (χ2n) is 6.06. The van der Waals surface area contributed by atoms with E-state index in [4.69, 9.17) is 5.11 Å². The Bertz CT molecular complexity index is 392. The van der Waals surface area contributed by atoms with E-state index in [9.17, 15) is 4.79 Å². The summed E-state index contributed by atoms with van der Waals surface area (Å²) in [6, 6.07) is 8.47. The van der Waals surface area contributed by atoms with E-state index in [1.165, 1.54) is 5.56 Å². The largest absolute Gasteiger partial charge is 0.396 e. The lowest BCUT2D eigenvalue weighted by molar-refractivity contribution is -0.120. The second kappa shape index (κ2) is 8.91. The van der Waals surface area contributed by atoms with Gasteiger partial charge < -0.3 is 5.11 Å². The SMILES string of the molecule is CC(C)Cc1ccc(C(C)C(=O)CCCCCO)cc1. The Kier molecular flexibility index (Phi) is 7.53. The standard InChI is InChI=1S/C18H28O2/c1-14(2)13-16-8-10-17(11-9-16)15(3)18(20)7-5-4-6-12-19/h8-11,14-15,19H,4-7,12-13H2,1-3H3. The van der Waals surface area contributed by atoms with Gasteiger partial charge in [0.1, 0.15) is 5.78 Å². The molecule has 0 bridgehead atoms. The van der Waals surface area contributed by atoms with Crippen LogP contribution >= 0.6 is 0 Å². The van der Waals surface area contributed by atoms with Gasteiger partial charge in [-0.25, -0.2) is 0 Å². The third kappa shape index (κ3) is 5.87. The Morgan fingerprint density at radius 2 is 1.70 bits per heavy atom. The quantitative estimate of drug-likeness (QED) is 0.689. The first-order valence-corrected chi connectivity index (χ1v) is 7.77. The van der Waals surface area contributed by atoms with Gasteiger partial charge in [0.05, 0.1) is 0 Å². The zero-order chi connectivity index (χ0) is 15.0. The van der Waals surface area contributed by atoms with Gasteiger partial charge in [-0.05, 0) is 36.3 Å².